The molecule has 0 aliphatic rings. The molecule has 0 atom stereocenters. The van der Waals surface area contributed by atoms with Gasteiger partial charge in [0.1, 0.15) is 12.0 Å². The third-order valence-electron chi connectivity index (χ3n) is 4.87. The molecule has 4 rings (SSSR count). The first kappa shape index (κ1) is 21.8. The lowest BCUT2D eigenvalue weighted by atomic mass is 10.0. The minimum Gasteiger partial charge on any atom is -0.325 e. The Bertz CT molecular complexity index is 1450. The van der Waals surface area contributed by atoms with Gasteiger partial charge < -0.3 is 4.98 Å². The van der Waals surface area contributed by atoms with Gasteiger partial charge in [0.25, 0.3) is 11.5 Å². The van der Waals surface area contributed by atoms with Crippen LogP contribution >= 0.6 is 11.3 Å². The van der Waals surface area contributed by atoms with E-state index < -0.39 is 15.4 Å². The van der Waals surface area contributed by atoms with Crippen LogP contribution in [0, 0.1) is 6.92 Å². The maximum atomic E-state index is 13.3. The Hall–Kier alpha value is -3.37. The second kappa shape index (κ2) is 8.29. The summed E-state index contributed by atoms with van der Waals surface area (Å²) in [6.07, 6.45) is 4.36. The van der Waals surface area contributed by atoms with Crippen LogP contribution in [-0.4, -0.2) is 33.8 Å². The standard InChI is InChI=1S/C22H20N4O4S2/c1-13(2)18-17(21(28)26-10-9-23-12-26)11-16(20(27)25-18)19-22(31-14(3)24-19)32(29,30)15-7-5-4-6-8-15/h4-13H,1-3H3,(H,25,27). The zero-order chi connectivity index (χ0) is 23.0. The van der Waals surface area contributed by atoms with Crippen LogP contribution < -0.4 is 5.56 Å². The molecule has 0 saturated carbocycles. The van der Waals surface area contributed by atoms with Crippen molar-refractivity contribution in [1.29, 1.82) is 0 Å². The average Bonchev–Trinajstić information content (AvgIpc) is 3.44. The van der Waals surface area contributed by atoms with Crippen molar-refractivity contribution in [2.45, 2.75) is 35.8 Å². The van der Waals surface area contributed by atoms with Gasteiger partial charge in [-0.2, -0.15) is 0 Å². The number of thiazole rings is 1. The lowest BCUT2D eigenvalue weighted by molar-refractivity contribution is 0.0958. The van der Waals surface area contributed by atoms with Gasteiger partial charge in [-0.25, -0.2) is 18.4 Å². The number of aromatic amines is 1. The van der Waals surface area contributed by atoms with Gasteiger partial charge in [0.05, 0.1) is 21.0 Å². The molecule has 3 aromatic heterocycles. The fourth-order valence-electron chi connectivity index (χ4n) is 3.34. The highest BCUT2D eigenvalue weighted by atomic mass is 32.2. The molecule has 0 radical (unpaired) electrons. The van der Waals surface area contributed by atoms with Crippen LogP contribution in [0.3, 0.4) is 0 Å². The molecule has 0 amide bonds. The van der Waals surface area contributed by atoms with E-state index in [1.807, 2.05) is 13.8 Å². The summed E-state index contributed by atoms with van der Waals surface area (Å²) in [5.41, 5.74) is 0.258. The second-order valence-corrected chi connectivity index (χ2v) is 10.8. The van der Waals surface area contributed by atoms with E-state index in [0.29, 0.717) is 10.7 Å². The molecule has 0 aliphatic heterocycles. The van der Waals surface area contributed by atoms with Crippen LogP contribution in [0.25, 0.3) is 11.3 Å². The summed E-state index contributed by atoms with van der Waals surface area (Å²) in [5.74, 6) is -0.535. The molecule has 1 aromatic carbocycles. The lowest BCUT2D eigenvalue weighted by Gasteiger charge is -2.13. The largest absolute Gasteiger partial charge is 0.325 e. The normalized spacial score (nSPS) is 11.8. The van der Waals surface area contributed by atoms with Crippen LogP contribution in [0.2, 0.25) is 0 Å². The highest BCUT2D eigenvalue weighted by Gasteiger charge is 2.29. The molecule has 8 nitrogen and oxygen atoms in total. The van der Waals surface area contributed by atoms with E-state index in [1.54, 1.807) is 25.1 Å². The van der Waals surface area contributed by atoms with Gasteiger partial charge in [-0.1, -0.05) is 32.0 Å². The molecule has 0 aliphatic carbocycles. The second-order valence-electron chi connectivity index (χ2n) is 7.45. The molecular weight excluding hydrogens is 448 g/mol. The number of hydrogen-bond acceptors (Lipinski definition) is 7. The fraction of sp³-hybridized carbons (Fsp3) is 0.182. The minimum atomic E-state index is -3.91. The van der Waals surface area contributed by atoms with Crippen molar-refractivity contribution in [3.63, 3.8) is 0 Å². The summed E-state index contributed by atoms with van der Waals surface area (Å²) in [7, 11) is -3.91. The number of hydrogen-bond donors (Lipinski definition) is 1. The van der Waals surface area contributed by atoms with Crippen LogP contribution in [0.15, 0.2) is 69.0 Å². The van der Waals surface area contributed by atoms with Gasteiger partial charge in [0.2, 0.25) is 9.84 Å². The van der Waals surface area contributed by atoms with Crippen LogP contribution in [0.5, 0.6) is 0 Å². The van der Waals surface area contributed by atoms with E-state index in [4.69, 9.17) is 0 Å². The number of H-pyrrole nitrogens is 1. The Morgan fingerprint density at radius 1 is 1.19 bits per heavy atom. The predicted octanol–water partition coefficient (Wildman–Crippen LogP) is 3.65. The van der Waals surface area contributed by atoms with E-state index >= 15 is 0 Å². The van der Waals surface area contributed by atoms with Crippen molar-refractivity contribution in [2.24, 2.45) is 0 Å². The molecule has 0 spiro atoms. The Labute approximate surface area is 188 Å². The van der Waals surface area contributed by atoms with E-state index in [-0.39, 0.29) is 37.8 Å². The van der Waals surface area contributed by atoms with Crippen LogP contribution in [0.4, 0.5) is 0 Å². The third-order valence-corrected chi connectivity index (χ3v) is 8.12. The van der Waals surface area contributed by atoms with Crippen molar-refractivity contribution >= 4 is 27.1 Å². The fourth-order valence-corrected chi connectivity index (χ4v) is 6.23. The summed E-state index contributed by atoms with van der Waals surface area (Å²) < 4.78 is 27.9. The zero-order valence-corrected chi connectivity index (χ0v) is 19.2. The summed E-state index contributed by atoms with van der Waals surface area (Å²) in [6, 6.07) is 9.40. The Morgan fingerprint density at radius 2 is 1.91 bits per heavy atom. The molecule has 3 heterocycles. The zero-order valence-electron chi connectivity index (χ0n) is 17.6. The number of nitrogens with one attached hydrogen (secondary N) is 1. The van der Waals surface area contributed by atoms with Gasteiger partial charge in [0.15, 0.2) is 4.21 Å². The van der Waals surface area contributed by atoms with Gasteiger partial charge >= 0.3 is 0 Å². The number of pyridine rings is 1. The Morgan fingerprint density at radius 3 is 2.53 bits per heavy atom. The molecule has 0 fully saturated rings. The first-order valence-corrected chi connectivity index (χ1v) is 12.1. The minimum absolute atomic E-state index is 0.0247. The quantitative estimate of drug-likeness (QED) is 0.478. The number of sulfone groups is 1. The smallest absolute Gasteiger partial charge is 0.264 e. The Balaban J connectivity index is 1.95. The first-order chi connectivity index (χ1) is 15.2. The van der Waals surface area contributed by atoms with Crippen molar-refractivity contribution in [3.05, 3.63) is 81.7 Å². The molecule has 0 saturated heterocycles. The summed E-state index contributed by atoms with van der Waals surface area (Å²) in [5, 5.41) is 0.490. The van der Waals surface area contributed by atoms with Gasteiger partial charge in [-0.05, 0) is 31.0 Å². The number of carbonyl (C=O) groups excluding carboxylic acids is 1. The highest BCUT2D eigenvalue weighted by Crippen LogP contribution is 2.35. The SMILES string of the molecule is Cc1nc(-c2cc(C(=O)n3ccnc3)c(C(C)C)[nH]c2=O)c(S(=O)(=O)c2ccccc2)s1. The van der Waals surface area contributed by atoms with Crippen molar-refractivity contribution < 1.29 is 13.2 Å². The summed E-state index contributed by atoms with van der Waals surface area (Å²) >= 11 is 0.990. The van der Waals surface area contributed by atoms with Crippen molar-refractivity contribution in [3.8, 4) is 11.3 Å². The predicted molar refractivity (Wildman–Crippen MR) is 121 cm³/mol. The highest BCUT2D eigenvalue weighted by molar-refractivity contribution is 7.93. The van der Waals surface area contributed by atoms with Crippen molar-refractivity contribution in [2.75, 3.05) is 0 Å². The molecule has 32 heavy (non-hydrogen) atoms. The van der Waals surface area contributed by atoms with Crippen LogP contribution in [-0.2, 0) is 9.84 Å². The molecule has 164 valence electrons. The molecule has 0 unspecified atom stereocenters. The van der Waals surface area contributed by atoms with Crippen LogP contribution in [0.1, 0.15) is 40.8 Å². The van der Waals surface area contributed by atoms with Gasteiger partial charge in [0, 0.05) is 18.1 Å². The van der Waals surface area contributed by atoms with E-state index in [1.165, 1.54) is 41.5 Å². The number of aryl methyl sites for hydroxylation is 1. The van der Waals surface area contributed by atoms with Gasteiger partial charge in [-0.3, -0.25) is 14.2 Å². The molecule has 1 N–H and O–H groups in total. The number of imidazole rings is 1. The average molecular weight is 469 g/mol. The molecule has 4 aromatic rings. The third kappa shape index (κ3) is 3.82. The van der Waals surface area contributed by atoms with E-state index in [2.05, 4.69) is 15.0 Å². The number of rotatable bonds is 5. The lowest BCUT2D eigenvalue weighted by Crippen LogP contribution is -2.21. The first-order valence-electron chi connectivity index (χ1n) is 9.78. The van der Waals surface area contributed by atoms with Gasteiger partial charge in [-0.15, -0.1) is 11.3 Å². The summed E-state index contributed by atoms with van der Waals surface area (Å²) in [4.78, 5) is 37.3. The number of aromatic nitrogens is 4. The monoisotopic (exact) mass is 468 g/mol. The number of carbonyl (C=O) groups is 1. The topological polar surface area (TPSA) is 115 Å². The van der Waals surface area contributed by atoms with E-state index in [9.17, 15) is 18.0 Å². The van der Waals surface area contributed by atoms with Crippen molar-refractivity contribution in [1.82, 2.24) is 19.5 Å². The maximum Gasteiger partial charge on any atom is 0.264 e. The Kier molecular flexibility index (Phi) is 5.66. The molecule has 0 bridgehead atoms. The summed E-state index contributed by atoms with van der Waals surface area (Å²) in [6.45, 7) is 5.38. The molecular formula is C22H20N4O4S2. The number of benzene rings is 1. The number of nitrogens with zero attached hydrogens (tertiary/aromatic N) is 3. The maximum absolute atomic E-state index is 13.3. The van der Waals surface area contributed by atoms with E-state index in [0.717, 1.165) is 11.3 Å². The molecule has 10 heteroatoms.